The van der Waals surface area contributed by atoms with Crippen molar-refractivity contribution < 1.29 is 18.7 Å². The topological polar surface area (TPSA) is 99.4 Å². The van der Waals surface area contributed by atoms with E-state index in [0.717, 1.165) is 20.5 Å². The number of nitrogens with zero attached hydrogens (tertiary/aromatic N) is 2. The van der Waals surface area contributed by atoms with Crippen molar-refractivity contribution in [2.24, 2.45) is 0 Å². The average molecular weight is 482 g/mol. The van der Waals surface area contributed by atoms with Crippen molar-refractivity contribution in [3.05, 3.63) is 97.8 Å². The number of ether oxygens (including phenoxy) is 1. The summed E-state index contributed by atoms with van der Waals surface area (Å²) in [5.41, 5.74) is -0.401. The number of amides is 1. The number of hydrogen-bond acceptors (Lipinski definition) is 6. The van der Waals surface area contributed by atoms with E-state index in [9.17, 15) is 23.6 Å². The number of fused-ring (bicyclic) bond motifs is 1. The first-order chi connectivity index (χ1) is 16.4. The highest BCUT2D eigenvalue weighted by Crippen LogP contribution is 2.18. The maximum absolute atomic E-state index is 14.2. The molecule has 4 aromatic rings. The van der Waals surface area contributed by atoms with Gasteiger partial charge >= 0.3 is 11.7 Å². The number of esters is 1. The van der Waals surface area contributed by atoms with Crippen LogP contribution in [0.1, 0.15) is 22.8 Å². The molecule has 0 aliphatic carbocycles. The van der Waals surface area contributed by atoms with Gasteiger partial charge in [0, 0.05) is 5.56 Å². The van der Waals surface area contributed by atoms with Gasteiger partial charge in [-0.2, -0.15) is 0 Å². The van der Waals surface area contributed by atoms with Crippen molar-refractivity contribution >= 4 is 39.1 Å². The van der Waals surface area contributed by atoms with Gasteiger partial charge in [0.15, 0.2) is 0 Å². The maximum atomic E-state index is 14.2. The molecule has 0 aliphatic heterocycles. The summed E-state index contributed by atoms with van der Waals surface area (Å²) in [6.07, 6.45) is 0. The summed E-state index contributed by atoms with van der Waals surface area (Å²) < 4.78 is 21.5. The summed E-state index contributed by atoms with van der Waals surface area (Å²) in [7, 11) is 0. The Balaban J connectivity index is 1.69. The highest BCUT2D eigenvalue weighted by atomic mass is 32.1. The second kappa shape index (κ2) is 9.84. The molecule has 1 N–H and O–H groups in total. The monoisotopic (exact) mass is 481 g/mol. The van der Waals surface area contributed by atoms with Crippen molar-refractivity contribution in [2.45, 2.75) is 20.0 Å². The number of nitrogens with one attached hydrogen (secondary N) is 1. The minimum Gasteiger partial charge on any atom is -0.462 e. The molecule has 0 aliphatic rings. The Kier molecular flexibility index (Phi) is 6.69. The molecule has 1 amide bonds. The number of anilines is 1. The molecule has 0 spiro atoms. The largest absolute Gasteiger partial charge is 0.462 e. The Morgan fingerprint density at radius 3 is 2.53 bits per heavy atom. The lowest BCUT2D eigenvalue weighted by atomic mass is 10.2. The number of thiophene rings is 1. The van der Waals surface area contributed by atoms with Gasteiger partial charge in [-0.15, -0.1) is 11.3 Å². The molecule has 0 saturated heterocycles. The summed E-state index contributed by atoms with van der Waals surface area (Å²) in [6, 6.07) is 13.8. The molecule has 0 unspecified atom stereocenters. The summed E-state index contributed by atoms with van der Waals surface area (Å²) in [5, 5.41) is 4.27. The van der Waals surface area contributed by atoms with E-state index < -0.39 is 35.5 Å². The van der Waals surface area contributed by atoms with Gasteiger partial charge in [0.2, 0.25) is 5.91 Å². The molecule has 34 heavy (non-hydrogen) atoms. The summed E-state index contributed by atoms with van der Waals surface area (Å²) in [6.45, 7) is 1.16. The van der Waals surface area contributed by atoms with Crippen LogP contribution in [0, 0.1) is 5.82 Å². The van der Waals surface area contributed by atoms with Gasteiger partial charge in [-0.3, -0.25) is 18.7 Å². The Morgan fingerprint density at radius 1 is 1.03 bits per heavy atom. The van der Waals surface area contributed by atoms with E-state index >= 15 is 0 Å². The lowest BCUT2D eigenvalue weighted by molar-refractivity contribution is -0.116. The van der Waals surface area contributed by atoms with E-state index in [-0.39, 0.29) is 34.7 Å². The van der Waals surface area contributed by atoms with Gasteiger partial charge in [-0.1, -0.05) is 30.3 Å². The fourth-order valence-electron chi connectivity index (χ4n) is 3.53. The number of para-hydroxylation sites is 1. The number of carbonyl (C=O) groups is 2. The molecule has 10 heteroatoms. The minimum absolute atomic E-state index is 0.176. The van der Waals surface area contributed by atoms with Crippen LogP contribution in [0.3, 0.4) is 0 Å². The number of aromatic nitrogens is 2. The highest BCUT2D eigenvalue weighted by Gasteiger charge is 2.19. The first kappa shape index (κ1) is 23.1. The summed E-state index contributed by atoms with van der Waals surface area (Å²) >= 11 is 1.13. The standard InChI is InChI=1S/C24H20FN3O5S/c1-2-33-23(31)16-8-4-6-10-18(16)26-20(29)14-27-19-11-12-34-21(19)22(30)28(24(27)32)13-15-7-3-5-9-17(15)25/h3-12H,2,13-14H2,1H3,(H,26,29). The number of rotatable bonds is 7. The third-order valence-corrected chi connectivity index (χ3v) is 6.01. The summed E-state index contributed by atoms with van der Waals surface area (Å²) in [5.74, 6) is -1.71. The van der Waals surface area contributed by atoms with Gasteiger partial charge in [0.25, 0.3) is 5.56 Å². The van der Waals surface area contributed by atoms with Crippen LogP contribution in [-0.2, 0) is 22.6 Å². The molecule has 0 radical (unpaired) electrons. The van der Waals surface area contributed by atoms with Crippen LogP contribution in [0.2, 0.25) is 0 Å². The zero-order chi connectivity index (χ0) is 24.2. The van der Waals surface area contributed by atoms with Crippen LogP contribution in [0.4, 0.5) is 10.1 Å². The van der Waals surface area contributed by atoms with Crippen molar-refractivity contribution in [3.63, 3.8) is 0 Å². The van der Waals surface area contributed by atoms with Crippen LogP contribution in [-0.4, -0.2) is 27.6 Å². The number of carbonyl (C=O) groups excluding carboxylic acids is 2. The first-order valence-corrected chi connectivity index (χ1v) is 11.3. The maximum Gasteiger partial charge on any atom is 0.340 e. The summed E-state index contributed by atoms with van der Waals surface area (Å²) in [4.78, 5) is 51.2. The molecule has 0 atom stereocenters. The average Bonchev–Trinajstić information content (AvgIpc) is 3.31. The Labute approximate surface area is 196 Å². The van der Waals surface area contributed by atoms with E-state index in [2.05, 4.69) is 5.32 Å². The molecular formula is C24H20FN3O5S. The molecule has 0 fully saturated rings. The van der Waals surface area contributed by atoms with Gasteiger partial charge in [-0.05, 0) is 36.6 Å². The molecule has 8 nitrogen and oxygen atoms in total. The molecule has 4 rings (SSSR count). The van der Waals surface area contributed by atoms with E-state index in [1.54, 1.807) is 42.6 Å². The van der Waals surface area contributed by atoms with Crippen molar-refractivity contribution in [1.82, 2.24) is 9.13 Å². The second-order valence-electron chi connectivity index (χ2n) is 7.30. The zero-order valence-corrected chi connectivity index (χ0v) is 18.9. The SMILES string of the molecule is CCOC(=O)c1ccccc1NC(=O)Cn1c(=O)n(Cc2ccccc2F)c(=O)c2sccc21. The van der Waals surface area contributed by atoms with Crippen LogP contribution in [0.15, 0.2) is 69.6 Å². The Morgan fingerprint density at radius 2 is 1.76 bits per heavy atom. The van der Waals surface area contributed by atoms with E-state index in [4.69, 9.17) is 4.74 Å². The molecule has 2 heterocycles. The predicted octanol–water partition coefficient (Wildman–Crippen LogP) is 3.23. The quantitative estimate of drug-likeness (QED) is 0.409. The first-order valence-electron chi connectivity index (χ1n) is 10.4. The zero-order valence-electron chi connectivity index (χ0n) is 18.1. The number of hydrogen-bond donors (Lipinski definition) is 1. The number of benzene rings is 2. The predicted molar refractivity (Wildman–Crippen MR) is 127 cm³/mol. The second-order valence-corrected chi connectivity index (χ2v) is 8.22. The molecule has 174 valence electrons. The Bertz CT molecular complexity index is 1500. The van der Waals surface area contributed by atoms with Crippen LogP contribution < -0.4 is 16.6 Å². The van der Waals surface area contributed by atoms with Crippen molar-refractivity contribution in [3.8, 4) is 0 Å². The minimum atomic E-state index is -0.743. The lowest BCUT2D eigenvalue weighted by Crippen LogP contribution is -2.41. The third kappa shape index (κ3) is 4.53. The number of halogens is 1. The van der Waals surface area contributed by atoms with Crippen molar-refractivity contribution in [2.75, 3.05) is 11.9 Å². The fraction of sp³-hybridized carbons (Fsp3) is 0.167. The van der Waals surface area contributed by atoms with Gasteiger partial charge in [-0.25, -0.2) is 14.0 Å². The van der Waals surface area contributed by atoms with E-state index in [0.29, 0.717) is 5.52 Å². The van der Waals surface area contributed by atoms with Gasteiger partial charge in [0.05, 0.1) is 29.9 Å². The van der Waals surface area contributed by atoms with Crippen LogP contribution in [0.25, 0.3) is 10.2 Å². The van der Waals surface area contributed by atoms with Gasteiger partial charge in [0.1, 0.15) is 17.1 Å². The Hall–Kier alpha value is -4.05. The molecule has 0 saturated carbocycles. The highest BCUT2D eigenvalue weighted by molar-refractivity contribution is 7.17. The molecular weight excluding hydrogens is 461 g/mol. The third-order valence-electron chi connectivity index (χ3n) is 5.12. The van der Waals surface area contributed by atoms with Gasteiger partial charge < -0.3 is 10.1 Å². The molecule has 0 bridgehead atoms. The van der Waals surface area contributed by atoms with E-state index in [1.165, 1.54) is 24.3 Å². The van der Waals surface area contributed by atoms with E-state index in [1.807, 2.05) is 0 Å². The fourth-order valence-corrected chi connectivity index (χ4v) is 4.38. The smallest absolute Gasteiger partial charge is 0.340 e. The van der Waals surface area contributed by atoms with Crippen molar-refractivity contribution in [1.29, 1.82) is 0 Å². The van der Waals surface area contributed by atoms with Crippen LogP contribution in [0.5, 0.6) is 0 Å². The molecule has 2 aromatic heterocycles. The van der Waals surface area contributed by atoms with Crippen LogP contribution >= 0.6 is 11.3 Å². The normalized spacial score (nSPS) is 10.9. The lowest BCUT2D eigenvalue weighted by Gasteiger charge is -2.14. The molecule has 2 aromatic carbocycles.